The Labute approximate surface area is 208 Å². The van der Waals surface area contributed by atoms with Crippen LogP contribution in [0.5, 0.6) is 0 Å². The third kappa shape index (κ3) is 4.91. The molecule has 10 heteroatoms. The fraction of sp³-hybridized carbons (Fsp3) is 0.520. The van der Waals surface area contributed by atoms with Crippen LogP contribution in [0.25, 0.3) is 5.78 Å². The molecular formula is C25H29N7O2S. The third-order valence-electron chi connectivity index (χ3n) is 7.35. The van der Waals surface area contributed by atoms with E-state index in [4.69, 9.17) is 10.2 Å². The van der Waals surface area contributed by atoms with Crippen molar-refractivity contribution in [3.8, 4) is 6.07 Å². The number of nitrogens with one attached hydrogen (secondary N) is 1. The van der Waals surface area contributed by atoms with Crippen LogP contribution >= 0.6 is 11.3 Å². The molecule has 0 radical (unpaired) electrons. The number of piperidine rings is 1. The Morgan fingerprint density at radius 2 is 2.06 bits per heavy atom. The molecule has 1 aliphatic carbocycles. The second-order valence-electron chi connectivity index (χ2n) is 9.50. The highest BCUT2D eigenvalue weighted by Crippen LogP contribution is 2.35. The number of nitrogens with zero attached hydrogens (tertiary/aromatic N) is 6. The topological polar surface area (TPSA) is 116 Å². The standard InChI is InChI=1S/C25H29N7O2S/c1-16-19(4-2-11-32(16)24(34)20-14-31-10-3-9-27-25(31)30-20)23(33)28-13-22-29-21(15-35-22)18-7-5-17(12-26)6-8-18/h3,9-10,14-19H,2,4-8,11,13H2,1H3,(H,28,33)/t16-,17?,18?,19-/m0/s1. The largest absolute Gasteiger partial charge is 0.349 e. The predicted octanol–water partition coefficient (Wildman–Crippen LogP) is 3.54. The molecule has 0 unspecified atom stereocenters. The van der Waals surface area contributed by atoms with Gasteiger partial charge in [0.15, 0.2) is 0 Å². The first-order chi connectivity index (χ1) is 17.0. The minimum Gasteiger partial charge on any atom is -0.349 e. The van der Waals surface area contributed by atoms with Crippen LogP contribution in [-0.4, -0.2) is 48.7 Å². The van der Waals surface area contributed by atoms with E-state index < -0.39 is 0 Å². The number of fused-ring (bicyclic) bond motifs is 1. The number of carbonyl (C=O) groups is 2. The van der Waals surface area contributed by atoms with Gasteiger partial charge in [-0.1, -0.05) is 0 Å². The number of hydrogen-bond donors (Lipinski definition) is 1. The van der Waals surface area contributed by atoms with Gasteiger partial charge in [0.25, 0.3) is 5.91 Å². The number of aromatic nitrogens is 4. The summed E-state index contributed by atoms with van der Waals surface area (Å²) < 4.78 is 1.73. The Balaban J connectivity index is 1.18. The maximum Gasteiger partial charge on any atom is 0.274 e. The first kappa shape index (κ1) is 23.4. The fourth-order valence-corrected chi connectivity index (χ4v) is 6.08. The molecule has 5 rings (SSSR count). The highest BCUT2D eigenvalue weighted by Gasteiger charge is 2.36. The number of likely N-dealkylation sites (tertiary alicyclic amines) is 1. The summed E-state index contributed by atoms with van der Waals surface area (Å²) in [4.78, 5) is 41.3. The Kier molecular flexibility index (Phi) is 6.77. The summed E-state index contributed by atoms with van der Waals surface area (Å²) in [5.41, 5.74) is 1.43. The van der Waals surface area contributed by atoms with Gasteiger partial charge in [-0.25, -0.2) is 15.0 Å². The lowest BCUT2D eigenvalue weighted by atomic mass is 9.81. The second-order valence-corrected chi connectivity index (χ2v) is 10.4. The number of amides is 2. The highest BCUT2D eigenvalue weighted by atomic mass is 32.1. The van der Waals surface area contributed by atoms with Gasteiger partial charge in [-0.3, -0.25) is 14.0 Å². The second kappa shape index (κ2) is 10.1. The molecule has 1 saturated carbocycles. The number of nitriles is 1. The van der Waals surface area contributed by atoms with E-state index in [9.17, 15) is 9.59 Å². The summed E-state index contributed by atoms with van der Waals surface area (Å²) in [5, 5.41) is 15.1. The molecule has 4 heterocycles. The quantitative estimate of drug-likeness (QED) is 0.584. The zero-order valence-corrected chi connectivity index (χ0v) is 20.6. The van der Waals surface area contributed by atoms with E-state index in [0.29, 0.717) is 30.5 Å². The molecule has 2 amide bonds. The van der Waals surface area contributed by atoms with Crippen LogP contribution in [0.1, 0.15) is 72.6 Å². The molecule has 0 aromatic carbocycles. The summed E-state index contributed by atoms with van der Waals surface area (Å²) in [6.07, 6.45) is 10.5. The Hall–Kier alpha value is -3.32. The average Bonchev–Trinajstić information content (AvgIpc) is 3.54. The Bertz CT molecular complexity index is 1220. The zero-order chi connectivity index (χ0) is 24.4. The van der Waals surface area contributed by atoms with E-state index in [1.165, 1.54) is 0 Å². The SMILES string of the molecule is C[C@H]1[C@@H](C(=O)NCc2nc(C3CCC(C#N)CC3)cs2)CCCN1C(=O)c1cn2cccnc2n1. The highest BCUT2D eigenvalue weighted by molar-refractivity contribution is 7.09. The van der Waals surface area contributed by atoms with Gasteiger partial charge in [0.2, 0.25) is 11.7 Å². The number of imidazole rings is 1. The first-order valence-electron chi connectivity index (χ1n) is 12.3. The van der Waals surface area contributed by atoms with Crippen molar-refractivity contribution in [1.82, 2.24) is 29.6 Å². The van der Waals surface area contributed by atoms with Crippen LogP contribution < -0.4 is 5.32 Å². The van der Waals surface area contributed by atoms with Gasteiger partial charge in [0.1, 0.15) is 10.7 Å². The summed E-state index contributed by atoms with van der Waals surface area (Å²) in [6, 6.07) is 3.94. The molecule has 2 aliphatic rings. The summed E-state index contributed by atoms with van der Waals surface area (Å²) in [7, 11) is 0. The van der Waals surface area contributed by atoms with Crippen molar-refractivity contribution in [2.75, 3.05) is 6.54 Å². The van der Waals surface area contributed by atoms with E-state index in [1.807, 2.05) is 13.1 Å². The van der Waals surface area contributed by atoms with Crippen molar-refractivity contribution in [3.63, 3.8) is 0 Å². The molecule has 2 atom stereocenters. The number of thiazole rings is 1. The molecule has 1 saturated heterocycles. The van der Waals surface area contributed by atoms with E-state index in [2.05, 4.69) is 26.7 Å². The van der Waals surface area contributed by atoms with E-state index in [1.54, 1.807) is 39.1 Å². The summed E-state index contributed by atoms with van der Waals surface area (Å²) in [5.74, 6) is 0.582. The molecule has 1 N–H and O–H groups in total. The van der Waals surface area contributed by atoms with Gasteiger partial charge in [-0.15, -0.1) is 11.3 Å². The first-order valence-corrected chi connectivity index (χ1v) is 13.1. The molecule has 2 fully saturated rings. The number of carbonyl (C=O) groups excluding carboxylic acids is 2. The van der Waals surface area contributed by atoms with E-state index in [0.717, 1.165) is 49.2 Å². The van der Waals surface area contributed by atoms with Gasteiger partial charge in [-0.2, -0.15) is 5.26 Å². The van der Waals surface area contributed by atoms with Crippen molar-refractivity contribution < 1.29 is 9.59 Å². The smallest absolute Gasteiger partial charge is 0.274 e. The molecule has 0 bridgehead atoms. The normalized spacial score (nSPS) is 24.7. The molecule has 0 spiro atoms. The lowest BCUT2D eigenvalue weighted by Gasteiger charge is -2.38. The van der Waals surface area contributed by atoms with Crippen LogP contribution in [0.4, 0.5) is 0 Å². The Morgan fingerprint density at radius 1 is 1.23 bits per heavy atom. The zero-order valence-electron chi connectivity index (χ0n) is 19.8. The van der Waals surface area contributed by atoms with Gasteiger partial charge < -0.3 is 10.2 Å². The van der Waals surface area contributed by atoms with E-state index >= 15 is 0 Å². The van der Waals surface area contributed by atoms with Crippen molar-refractivity contribution in [2.24, 2.45) is 11.8 Å². The van der Waals surface area contributed by atoms with Gasteiger partial charge >= 0.3 is 0 Å². The van der Waals surface area contributed by atoms with Gasteiger partial charge in [0, 0.05) is 48.4 Å². The van der Waals surface area contributed by atoms with Crippen molar-refractivity contribution >= 4 is 28.9 Å². The lowest BCUT2D eigenvalue weighted by Crippen LogP contribution is -2.51. The van der Waals surface area contributed by atoms with Crippen molar-refractivity contribution in [2.45, 2.75) is 64.0 Å². The summed E-state index contributed by atoms with van der Waals surface area (Å²) >= 11 is 1.57. The lowest BCUT2D eigenvalue weighted by molar-refractivity contribution is -0.128. The Morgan fingerprint density at radius 3 is 2.83 bits per heavy atom. The predicted molar refractivity (Wildman–Crippen MR) is 130 cm³/mol. The van der Waals surface area contributed by atoms with Gasteiger partial charge in [-0.05, 0) is 51.5 Å². The number of hydrogen-bond acceptors (Lipinski definition) is 7. The maximum absolute atomic E-state index is 13.2. The van der Waals surface area contributed by atoms with Crippen LogP contribution in [0, 0.1) is 23.2 Å². The minimum atomic E-state index is -0.274. The molecule has 3 aromatic rings. The molecular weight excluding hydrogens is 462 g/mol. The average molecular weight is 492 g/mol. The van der Waals surface area contributed by atoms with Gasteiger partial charge in [0.05, 0.1) is 24.2 Å². The van der Waals surface area contributed by atoms with Crippen LogP contribution in [0.3, 0.4) is 0 Å². The van der Waals surface area contributed by atoms with Crippen LogP contribution in [0.2, 0.25) is 0 Å². The van der Waals surface area contributed by atoms with Crippen molar-refractivity contribution in [1.29, 1.82) is 5.26 Å². The van der Waals surface area contributed by atoms with E-state index in [-0.39, 0.29) is 29.7 Å². The molecule has 3 aromatic heterocycles. The van der Waals surface area contributed by atoms with Crippen LogP contribution in [-0.2, 0) is 11.3 Å². The molecule has 182 valence electrons. The minimum absolute atomic E-state index is 0.0436. The maximum atomic E-state index is 13.2. The molecule has 35 heavy (non-hydrogen) atoms. The molecule has 1 aliphatic heterocycles. The monoisotopic (exact) mass is 491 g/mol. The van der Waals surface area contributed by atoms with Crippen LogP contribution in [0.15, 0.2) is 30.0 Å². The number of rotatable bonds is 5. The third-order valence-corrected chi connectivity index (χ3v) is 8.22. The summed E-state index contributed by atoms with van der Waals surface area (Å²) in [6.45, 7) is 2.94. The van der Waals surface area contributed by atoms with Crippen molar-refractivity contribution in [3.05, 3.63) is 46.4 Å². The molecule has 9 nitrogen and oxygen atoms in total. The fourth-order valence-electron chi connectivity index (χ4n) is 5.27.